The Morgan fingerprint density at radius 1 is 1.22 bits per heavy atom. The first kappa shape index (κ1) is 21.9. The van der Waals surface area contributed by atoms with Gasteiger partial charge in [0.15, 0.2) is 5.13 Å². The van der Waals surface area contributed by atoms with Gasteiger partial charge in [-0.1, -0.05) is 27.3 Å². The Balaban J connectivity index is 0.00000261. The zero-order valence-electron chi connectivity index (χ0n) is 15.8. The molecular weight excluding hydrogens is 450 g/mol. The van der Waals surface area contributed by atoms with E-state index in [1.807, 2.05) is 46.1 Å². The molecule has 0 atom stereocenters. The highest BCUT2D eigenvalue weighted by molar-refractivity contribution is 9.10. The van der Waals surface area contributed by atoms with E-state index in [0.717, 1.165) is 38.5 Å². The van der Waals surface area contributed by atoms with Crippen LogP contribution in [0.15, 0.2) is 33.2 Å². The summed E-state index contributed by atoms with van der Waals surface area (Å²) < 4.78 is 7.62. The highest BCUT2D eigenvalue weighted by atomic mass is 79.9. The average Bonchev–Trinajstić information content (AvgIpc) is 3.12. The molecule has 5 nitrogen and oxygen atoms in total. The lowest BCUT2D eigenvalue weighted by Crippen LogP contribution is -2.33. The van der Waals surface area contributed by atoms with E-state index in [2.05, 4.69) is 20.8 Å². The number of aryl methyl sites for hydroxylation is 2. The summed E-state index contributed by atoms with van der Waals surface area (Å²) in [7, 11) is 4.07. The van der Waals surface area contributed by atoms with Crippen LogP contribution >= 0.6 is 39.7 Å². The quantitative estimate of drug-likeness (QED) is 0.489. The number of hydrogen-bond acceptors (Lipinski definition) is 5. The molecule has 0 spiro atoms. The molecule has 0 saturated carbocycles. The second-order valence-corrected chi connectivity index (χ2v) is 8.47. The number of aromatic nitrogens is 1. The number of fused-ring (bicyclic) bond motifs is 1. The largest absolute Gasteiger partial charge is 0.466 e. The van der Waals surface area contributed by atoms with E-state index in [-0.39, 0.29) is 18.3 Å². The third-order valence-electron chi connectivity index (χ3n) is 4.07. The molecule has 1 aromatic carbocycles. The minimum Gasteiger partial charge on any atom is -0.466 e. The van der Waals surface area contributed by atoms with Crippen LogP contribution in [0.2, 0.25) is 0 Å². The van der Waals surface area contributed by atoms with E-state index >= 15 is 0 Å². The van der Waals surface area contributed by atoms with Crippen LogP contribution in [0, 0.1) is 13.8 Å². The number of rotatable bonds is 6. The first-order chi connectivity index (χ1) is 12.3. The molecule has 0 N–H and O–H groups in total. The topological polar surface area (TPSA) is 49.6 Å². The van der Waals surface area contributed by atoms with E-state index in [9.17, 15) is 4.79 Å². The summed E-state index contributed by atoms with van der Waals surface area (Å²) in [4.78, 5) is 21.8. The molecule has 0 bridgehead atoms. The van der Waals surface area contributed by atoms with Gasteiger partial charge in [0.05, 0.1) is 15.8 Å². The monoisotopic (exact) mass is 471 g/mol. The van der Waals surface area contributed by atoms with Gasteiger partial charge in [-0.15, -0.1) is 12.4 Å². The maximum atomic E-state index is 13.2. The van der Waals surface area contributed by atoms with Gasteiger partial charge >= 0.3 is 0 Å². The number of furan rings is 1. The van der Waals surface area contributed by atoms with Crippen molar-refractivity contribution < 1.29 is 9.21 Å². The van der Waals surface area contributed by atoms with Crippen LogP contribution in [0.1, 0.15) is 28.3 Å². The van der Waals surface area contributed by atoms with E-state index in [0.29, 0.717) is 17.9 Å². The van der Waals surface area contributed by atoms with Crippen molar-refractivity contribution in [3.05, 3.63) is 45.8 Å². The molecule has 0 radical (unpaired) electrons. The third-order valence-corrected chi connectivity index (χ3v) is 5.61. The molecule has 3 aromatic rings. The zero-order chi connectivity index (χ0) is 18.8. The van der Waals surface area contributed by atoms with Crippen molar-refractivity contribution in [3.63, 3.8) is 0 Å². The van der Waals surface area contributed by atoms with Crippen molar-refractivity contribution in [2.75, 3.05) is 32.1 Å². The normalized spacial score (nSPS) is 11.0. The number of thiazole rings is 1. The fourth-order valence-corrected chi connectivity index (χ4v) is 4.36. The average molecular weight is 473 g/mol. The van der Waals surface area contributed by atoms with E-state index < -0.39 is 0 Å². The maximum Gasteiger partial charge on any atom is 0.263 e. The fraction of sp³-hybridized carbons (Fsp3) is 0.368. The number of anilines is 1. The molecule has 1 amide bonds. The predicted octanol–water partition coefficient (Wildman–Crippen LogP) is 5.29. The molecule has 0 aliphatic heterocycles. The van der Waals surface area contributed by atoms with Gasteiger partial charge in [-0.2, -0.15) is 0 Å². The van der Waals surface area contributed by atoms with Crippen molar-refractivity contribution in [2.24, 2.45) is 0 Å². The second-order valence-electron chi connectivity index (χ2n) is 6.55. The maximum absolute atomic E-state index is 13.2. The number of halogens is 2. The van der Waals surface area contributed by atoms with Crippen LogP contribution in [0.4, 0.5) is 5.13 Å². The van der Waals surface area contributed by atoms with Gasteiger partial charge in [-0.05, 0) is 65.2 Å². The molecule has 0 aliphatic carbocycles. The summed E-state index contributed by atoms with van der Waals surface area (Å²) in [5, 5.41) is 0.722. The molecule has 3 rings (SSSR count). The summed E-state index contributed by atoms with van der Waals surface area (Å²) in [6.45, 7) is 5.20. The van der Waals surface area contributed by atoms with Crippen molar-refractivity contribution >= 4 is 60.9 Å². The lowest BCUT2D eigenvalue weighted by molar-refractivity contribution is 0.0984. The highest BCUT2D eigenvalue weighted by Gasteiger charge is 2.24. The molecule has 0 unspecified atom stereocenters. The number of carbonyl (C=O) groups is 1. The summed E-state index contributed by atoms with van der Waals surface area (Å²) in [5.74, 6) is 1.33. The van der Waals surface area contributed by atoms with Gasteiger partial charge in [-0.25, -0.2) is 4.98 Å². The zero-order valence-corrected chi connectivity index (χ0v) is 19.0. The van der Waals surface area contributed by atoms with Crippen LogP contribution in [0.5, 0.6) is 0 Å². The van der Waals surface area contributed by atoms with Crippen LogP contribution in [-0.4, -0.2) is 43.0 Å². The lowest BCUT2D eigenvalue weighted by atomic mass is 10.2. The molecular formula is C19H23BrClN3O2S. The Bertz CT molecular complexity index is 938. The number of nitrogens with zero attached hydrogens (tertiary/aromatic N) is 3. The Hall–Kier alpha value is -1.41. The molecule has 0 fully saturated rings. The van der Waals surface area contributed by atoms with Gasteiger partial charge in [0.2, 0.25) is 0 Å². The van der Waals surface area contributed by atoms with Gasteiger partial charge in [-0.3, -0.25) is 9.69 Å². The van der Waals surface area contributed by atoms with Crippen LogP contribution in [0.25, 0.3) is 10.2 Å². The fourth-order valence-electron chi connectivity index (χ4n) is 2.82. The number of hydrogen-bond donors (Lipinski definition) is 0. The Labute approximate surface area is 177 Å². The third kappa shape index (κ3) is 5.10. The second kappa shape index (κ2) is 9.19. The van der Waals surface area contributed by atoms with Crippen LogP contribution in [-0.2, 0) is 0 Å². The van der Waals surface area contributed by atoms with E-state index in [1.165, 1.54) is 11.3 Å². The minimum absolute atomic E-state index is 0. The molecule has 0 saturated heterocycles. The molecule has 2 heterocycles. The molecule has 8 heteroatoms. The van der Waals surface area contributed by atoms with Gasteiger partial charge < -0.3 is 9.32 Å². The highest BCUT2D eigenvalue weighted by Crippen LogP contribution is 2.32. The van der Waals surface area contributed by atoms with Gasteiger partial charge in [0.25, 0.3) is 5.91 Å². The lowest BCUT2D eigenvalue weighted by Gasteiger charge is -2.20. The van der Waals surface area contributed by atoms with Crippen molar-refractivity contribution in [2.45, 2.75) is 20.3 Å². The van der Waals surface area contributed by atoms with Gasteiger partial charge in [0, 0.05) is 11.0 Å². The number of benzene rings is 1. The van der Waals surface area contributed by atoms with E-state index in [1.54, 1.807) is 11.0 Å². The Morgan fingerprint density at radius 2 is 1.96 bits per heavy atom. The summed E-state index contributed by atoms with van der Waals surface area (Å²) in [6, 6.07) is 7.77. The van der Waals surface area contributed by atoms with Crippen molar-refractivity contribution in [1.82, 2.24) is 9.88 Å². The number of amides is 1. The molecule has 0 aliphatic rings. The van der Waals surface area contributed by atoms with Crippen molar-refractivity contribution in [1.29, 1.82) is 0 Å². The van der Waals surface area contributed by atoms with Crippen LogP contribution < -0.4 is 4.90 Å². The number of carbonyl (C=O) groups excluding carboxylic acids is 1. The van der Waals surface area contributed by atoms with Crippen molar-refractivity contribution in [3.8, 4) is 0 Å². The van der Waals surface area contributed by atoms with E-state index in [4.69, 9.17) is 9.40 Å². The minimum atomic E-state index is -0.0590. The standard InChI is InChI=1S/C19H22BrN3O2S.ClH/c1-12-10-15(13(2)25-12)18(24)23(9-5-8-22(3)4)19-21-16-7-6-14(20)11-17(16)26-19;/h6-7,10-11H,5,8-9H2,1-4H3;1H. The first-order valence-electron chi connectivity index (χ1n) is 8.45. The van der Waals surface area contributed by atoms with Crippen LogP contribution in [0.3, 0.4) is 0 Å². The molecule has 2 aromatic heterocycles. The summed E-state index contributed by atoms with van der Waals surface area (Å²) >= 11 is 5.03. The SMILES string of the molecule is Cc1cc(C(=O)N(CCCN(C)C)c2nc3ccc(Br)cc3s2)c(C)o1.Cl. The Kier molecular flexibility index (Phi) is 7.45. The predicted molar refractivity (Wildman–Crippen MR) is 118 cm³/mol. The summed E-state index contributed by atoms with van der Waals surface area (Å²) in [5.41, 5.74) is 1.51. The van der Waals surface area contributed by atoms with Gasteiger partial charge in [0.1, 0.15) is 11.5 Å². The Morgan fingerprint density at radius 3 is 2.59 bits per heavy atom. The first-order valence-corrected chi connectivity index (χ1v) is 10.1. The summed E-state index contributed by atoms with van der Waals surface area (Å²) in [6.07, 6.45) is 0.869. The smallest absolute Gasteiger partial charge is 0.263 e. The molecule has 146 valence electrons. The molecule has 27 heavy (non-hydrogen) atoms.